The zero-order valence-electron chi connectivity index (χ0n) is 8.66. The van der Waals surface area contributed by atoms with Crippen LogP contribution in [0.5, 0.6) is 0 Å². The molecule has 0 aromatic heterocycles. The fourth-order valence-corrected chi connectivity index (χ4v) is 1.59. The first kappa shape index (κ1) is 10.5. The average molecular weight is 187 g/mol. The van der Waals surface area contributed by atoms with E-state index in [1.54, 1.807) is 0 Å². The van der Waals surface area contributed by atoms with Gasteiger partial charge in [0.1, 0.15) is 5.41 Å². The lowest BCUT2D eigenvalue weighted by molar-refractivity contribution is -0.152. The minimum Gasteiger partial charge on any atom is -0.468 e. The van der Waals surface area contributed by atoms with Gasteiger partial charge in [-0.05, 0) is 13.8 Å². The lowest BCUT2D eigenvalue weighted by atomic mass is 9.85. The van der Waals surface area contributed by atoms with Crippen LogP contribution in [-0.4, -0.2) is 37.3 Å². The summed E-state index contributed by atoms with van der Waals surface area (Å²) in [5, 5.41) is 1.82. The van der Waals surface area contributed by atoms with Crippen LogP contribution < -0.4 is 0 Å². The first-order valence-electron chi connectivity index (χ1n) is 4.54. The minimum atomic E-state index is -0.523. The summed E-state index contributed by atoms with van der Waals surface area (Å²) in [4.78, 5) is 16.9. The Hall–Kier alpha value is -0.610. The Balaban J connectivity index is 2.76. The first-order valence-corrected chi connectivity index (χ1v) is 4.54. The Morgan fingerprint density at radius 3 is 2.77 bits per heavy atom. The second-order valence-electron chi connectivity index (χ2n) is 3.59. The summed E-state index contributed by atoms with van der Waals surface area (Å²) in [5.41, 5.74) is -0.523. The Morgan fingerprint density at radius 2 is 2.38 bits per heavy atom. The lowest BCUT2D eigenvalue weighted by Gasteiger charge is -2.26. The largest absolute Gasteiger partial charge is 0.468 e. The zero-order chi connectivity index (χ0) is 10.1. The third kappa shape index (κ3) is 1.56. The topological polar surface area (TPSA) is 38.8 Å². The third-order valence-electron chi connectivity index (χ3n) is 2.85. The van der Waals surface area contributed by atoms with Crippen LogP contribution in [0.25, 0.3) is 0 Å². The highest BCUT2D eigenvalue weighted by molar-refractivity contribution is 5.77. The number of carbonyl (C=O) groups is 1. The van der Waals surface area contributed by atoms with E-state index in [0.717, 1.165) is 6.54 Å². The number of hydroxylamine groups is 2. The van der Waals surface area contributed by atoms with Gasteiger partial charge < -0.3 is 4.74 Å². The van der Waals surface area contributed by atoms with E-state index in [0.29, 0.717) is 6.61 Å². The van der Waals surface area contributed by atoms with Gasteiger partial charge in [-0.1, -0.05) is 6.92 Å². The number of methoxy groups -OCH3 is 1. The molecule has 4 nitrogen and oxygen atoms in total. The second-order valence-corrected chi connectivity index (χ2v) is 3.59. The molecule has 0 amide bonds. The number of rotatable bonds is 2. The molecular formula is C9H17NO3. The van der Waals surface area contributed by atoms with Crippen molar-refractivity contribution in [1.29, 1.82) is 0 Å². The summed E-state index contributed by atoms with van der Waals surface area (Å²) < 4.78 is 4.75. The van der Waals surface area contributed by atoms with Crippen molar-refractivity contribution in [2.45, 2.75) is 26.8 Å². The number of ether oxygens (including phenoxy) is 1. The van der Waals surface area contributed by atoms with E-state index in [4.69, 9.17) is 9.57 Å². The summed E-state index contributed by atoms with van der Waals surface area (Å²) >= 11 is 0. The van der Waals surface area contributed by atoms with Crippen molar-refractivity contribution < 1.29 is 14.4 Å². The summed E-state index contributed by atoms with van der Waals surface area (Å²) in [7, 11) is 1.41. The predicted octanol–water partition coefficient (Wildman–Crippen LogP) is 0.821. The maximum absolute atomic E-state index is 11.5. The van der Waals surface area contributed by atoms with E-state index in [2.05, 4.69) is 0 Å². The quantitative estimate of drug-likeness (QED) is 0.600. The Kier molecular flexibility index (Phi) is 2.93. The Bertz CT molecular complexity index is 207. The molecule has 0 spiro atoms. The summed E-state index contributed by atoms with van der Waals surface area (Å²) in [6.45, 7) is 7.05. The number of hydrogen-bond donors (Lipinski definition) is 0. The van der Waals surface area contributed by atoms with Crippen molar-refractivity contribution in [3.63, 3.8) is 0 Å². The number of carbonyl (C=O) groups excluding carboxylic acids is 1. The van der Waals surface area contributed by atoms with Gasteiger partial charge in [0.15, 0.2) is 0 Å². The molecule has 0 aromatic rings. The van der Waals surface area contributed by atoms with Crippen LogP contribution in [0.2, 0.25) is 0 Å². The predicted molar refractivity (Wildman–Crippen MR) is 47.9 cm³/mol. The van der Waals surface area contributed by atoms with Crippen molar-refractivity contribution in [3.05, 3.63) is 0 Å². The normalized spacial score (nSPS) is 34.9. The third-order valence-corrected chi connectivity index (χ3v) is 2.85. The molecule has 0 bridgehead atoms. The molecule has 76 valence electrons. The molecule has 13 heavy (non-hydrogen) atoms. The molecule has 1 fully saturated rings. The summed E-state index contributed by atoms with van der Waals surface area (Å²) in [5.74, 6) is -0.198. The van der Waals surface area contributed by atoms with Gasteiger partial charge in [-0.2, -0.15) is 5.06 Å². The van der Waals surface area contributed by atoms with Crippen molar-refractivity contribution in [3.8, 4) is 0 Å². The molecule has 1 heterocycles. The molecule has 1 aliphatic rings. The van der Waals surface area contributed by atoms with Crippen LogP contribution in [0.1, 0.15) is 20.8 Å². The number of esters is 1. The van der Waals surface area contributed by atoms with Crippen LogP contribution in [-0.2, 0) is 14.4 Å². The van der Waals surface area contributed by atoms with E-state index in [1.165, 1.54) is 7.11 Å². The lowest BCUT2D eigenvalue weighted by Crippen LogP contribution is -2.42. The van der Waals surface area contributed by atoms with Gasteiger partial charge in [-0.3, -0.25) is 9.63 Å². The second kappa shape index (κ2) is 3.64. The zero-order valence-corrected chi connectivity index (χ0v) is 8.66. The molecule has 0 aliphatic carbocycles. The average Bonchev–Trinajstić information content (AvgIpc) is 2.43. The van der Waals surface area contributed by atoms with Crippen molar-refractivity contribution in [2.24, 2.45) is 5.41 Å². The molecule has 0 N–H and O–H groups in total. The molecule has 1 aliphatic heterocycles. The molecule has 0 radical (unpaired) electrons. The summed E-state index contributed by atoms with van der Waals surface area (Å²) in [6.07, 6.45) is 0. The standard InChI is InChI=1S/C9H17NO3/c1-5-10-7(2)9(3,6-13-10)8(11)12-4/h7H,5-6H2,1-4H3/t7-,9+/m1/s1. The van der Waals surface area contributed by atoms with Gasteiger partial charge in [0.2, 0.25) is 0 Å². The molecule has 1 saturated heterocycles. The highest BCUT2D eigenvalue weighted by Crippen LogP contribution is 2.33. The number of hydrogen-bond acceptors (Lipinski definition) is 4. The van der Waals surface area contributed by atoms with Crippen LogP contribution in [0.4, 0.5) is 0 Å². The van der Waals surface area contributed by atoms with Crippen LogP contribution in [0.3, 0.4) is 0 Å². The fraction of sp³-hybridized carbons (Fsp3) is 0.889. The summed E-state index contributed by atoms with van der Waals surface area (Å²) in [6, 6.07) is 0.0740. The minimum absolute atomic E-state index is 0.0740. The highest BCUT2D eigenvalue weighted by Gasteiger charge is 2.48. The van der Waals surface area contributed by atoms with Gasteiger partial charge in [-0.25, -0.2) is 0 Å². The van der Waals surface area contributed by atoms with Crippen LogP contribution in [0.15, 0.2) is 0 Å². The van der Waals surface area contributed by atoms with E-state index in [1.807, 2.05) is 25.8 Å². The van der Waals surface area contributed by atoms with E-state index in [-0.39, 0.29) is 12.0 Å². The SMILES string of the molecule is CCN1OC[C@](C)(C(=O)OC)[C@H]1C. The van der Waals surface area contributed by atoms with Crippen LogP contribution >= 0.6 is 0 Å². The van der Waals surface area contributed by atoms with Gasteiger partial charge in [0, 0.05) is 6.54 Å². The number of nitrogens with zero attached hydrogens (tertiary/aromatic N) is 1. The fourth-order valence-electron chi connectivity index (χ4n) is 1.59. The smallest absolute Gasteiger partial charge is 0.315 e. The van der Waals surface area contributed by atoms with Gasteiger partial charge in [0.05, 0.1) is 19.8 Å². The van der Waals surface area contributed by atoms with E-state index < -0.39 is 5.41 Å². The van der Waals surface area contributed by atoms with Crippen LogP contribution in [0, 0.1) is 5.41 Å². The first-order chi connectivity index (χ1) is 6.06. The molecular weight excluding hydrogens is 170 g/mol. The molecule has 0 aromatic carbocycles. The van der Waals surface area contributed by atoms with Crippen molar-refractivity contribution in [2.75, 3.05) is 20.3 Å². The van der Waals surface area contributed by atoms with E-state index in [9.17, 15) is 4.79 Å². The van der Waals surface area contributed by atoms with Gasteiger partial charge >= 0.3 is 5.97 Å². The van der Waals surface area contributed by atoms with Crippen molar-refractivity contribution in [1.82, 2.24) is 5.06 Å². The molecule has 4 heteroatoms. The maximum Gasteiger partial charge on any atom is 0.315 e. The molecule has 0 saturated carbocycles. The van der Waals surface area contributed by atoms with Gasteiger partial charge in [0.25, 0.3) is 0 Å². The Morgan fingerprint density at radius 1 is 1.77 bits per heavy atom. The molecule has 2 atom stereocenters. The van der Waals surface area contributed by atoms with E-state index >= 15 is 0 Å². The monoisotopic (exact) mass is 187 g/mol. The van der Waals surface area contributed by atoms with Gasteiger partial charge in [-0.15, -0.1) is 0 Å². The van der Waals surface area contributed by atoms with Crippen molar-refractivity contribution >= 4 is 5.97 Å². The molecule has 1 rings (SSSR count). The highest BCUT2D eigenvalue weighted by atomic mass is 16.7. The molecule has 0 unspecified atom stereocenters. The Labute approximate surface area is 78.8 Å². The maximum atomic E-state index is 11.5.